The lowest BCUT2D eigenvalue weighted by atomic mass is 9.83. The average Bonchev–Trinajstić information content (AvgIpc) is 3.16. The molecule has 3 rings (SSSR count). The number of hydrogen-bond donors (Lipinski definition) is 1. The maximum atomic E-state index is 12.0. The van der Waals surface area contributed by atoms with Crippen LogP contribution in [0.5, 0.6) is 0 Å². The number of hydrogen-bond acceptors (Lipinski definition) is 4. The lowest BCUT2D eigenvalue weighted by Gasteiger charge is -2.31. The molecule has 126 valence electrons. The van der Waals surface area contributed by atoms with Gasteiger partial charge in [-0.15, -0.1) is 0 Å². The van der Waals surface area contributed by atoms with Gasteiger partial charge in [-0.05, 0) is 49.9 Å². The molecule has 3 atom stereocenters. The minimum atomic E-state index is -0.758. The highest BCUT2D eigenvalue weighted by Crippen LogP contribution is 2.49. The smallest absolute Gasteiger partial charge is 0.306 e. The first kappa shape index (κ1) is 16.3. The van der Waals surface area contributed by atoms with Crippen molar-refractivity contribution in [3.8, 4) is 6.07 Å². The molecule has 0 spiro atoms. The van der Waals surface area contributed by atoms with Crippen molar-refractivity contribution in [1.29, 1.82) is 5.26 Å². The molecule has 5 heteroatoms. The standard InChI is InChI=1S/C18H26N2O3/c19-12-18(6-2-1-3-7-18)20-16(21)11-23-17(22)10-15-9-13-4-5-14(15)8-13/h13-15H,1-11H2,(H,20,21)/t13-,14+,15-/m0/s1. The van der Waals surface area contributed by atoms with E-state index in [2.05, 4.69) is 11.4 Å². The number of nitrogens with one attached hydrogen (secondary N) is 1. The van der Waals surface area contributed by atoms with Crippen molar-refractivity contribution in [2.75, 3.05) is 6.61 Å². The number of fused-ring (bicyclic) bond motifs is 2. The van der Waals surface area contributed by atoms with E-state index in [0.717, 1.165) is 31.6 Å². The van der Waals surface area contributed by atoms with Crippen LogP contribution in [0.4, 0.5) is 0 Å². The van der Waals surface area contributed by atoms with Crippen molar-refractivity contribution in [1.82, 2.24) is 5.32 Å². The highest BCUT2D eigenvalue weighted by molar-refractivity contribution is 5.81. The molecule has 1 amide bonds. The Morgan fingerprint density at radius 2 is 1.96 bits per heavy atom. The predicted molar refractivity (Wildman–Crippen MR) is 84.1 cm³/mol. The van der Waals surface area contributed by atoms with E-state index in [-0.39, 0.29) is 18.5 Å². The van der Waals surface area contributed by atoms with E-state index in [1.54, 1.807) is 0 Å². The second-order valence-corrected chi connectivity index (χ2v) is 7.60. The molecule has 3 aliphatic carbocycles. The van der Waals surface area contributed by atoms with Crippen LogP contribution < -0.4 is 5.32 Å². The number of amides is 1. The molecule has 0 aromatic carbocycles. The Bertz CT molecular complexity index is 505. The van der Waals surface area contributed by atoms with Crippen LogP contribution in [0, 0.1) is 29.1 Å². The summed E-state index contributed by atoms with van der Waals surface area (Å²) in [6.45, 7) is -0.261. The van der Waals surface area contributed by atoms with Crippen molar-refractivity contribution in [3.05, 3.63) is 0 Å². The number of ether oxygens (including phenoxy) is 1. The van der Waals surface area contributed by atoms with E-state index in [1.807, 2.05) is 0 Å². The first-order valence-electron chi connectivity index (χ1n) is 8.98. The largest absolute Gasteiger partial charge is 0.456 e. The summed E-state index contributed by atoms with van der Waals surface area (Å²) in [6, 6.07) is 2.24. The molecular weight excluding hydrogens is 292 g/mol. The van der Waals surface area contributed by atoms with Gasteiger partial charge in [-0.2, -0.15) is 5.26 Å². The summed E-state index contributed by atoms with van der Waals surface area (Å²) in [4.78, 5) is 24.0. The highest BCUT2D eigenvalue weighted by atomic mass is 16.5. The fourth-order valence-electron chi connectivity index (χ4n) is 4.77. The van der Waals surface area contributed by atoms with E-state index in [9.17, 15) is 14.9 Å². The van der Waals surface area contributed by atoms with Crippen LogP contribution >= 0.6 is 0 Å². The van der Waals surface area contributed by atoms with Crippen LogP contribution in [0.2, 0.25) is 0 Å². The average molecular weight is 318 g/mol. The third kappa shape index (κ3) is 3.85. The number of esters is 1. The Kier molecular flexibility index (Phi) is 4.89. The molecule has 0 radical (unpaired) electrons. The summed E-state index contributed by atoms with van der Waals surface area (Å²) in [5, 5.41) is 12.1. The first-order valence-corrected chi connectivity index (χ1v) is 8.98. The Morgan fingerprint density at radius 1 is 1.17 bits per heavy atom. The van der Waals surface area contributed by atoms with E-state index >= 15 is 0 Å². The molecular formula is C18H26N2O3. The van der Waals surface area contributed by atoms with Gasteiger partial charge >= 0.3 is 5.97 Å². The molecule has 0 aromatic heterocycles. The zero-order valence-electron chi connectivity index (χ0n) is 13.7. The van der Waals surface area contributed by atoms with E-state index in [4.69, 9.17) is 4.74 Å². The van der Waals surface area contributed by atoms with Crippen LogP contribution in [0.25, 0.3) is 0 Å². The van der Waals surface area contributed by atoms with Gasteiger partial charge in [0, 0.05) is 6.42 Å². The third-order valence-corrected chi connectivity index (χ3v) is 5.98. The van der Waals surface area contributed by atoms with Crippen molar-refractivity contribution in [2.24, 2.45) is 17.8 Å². The van der Waals surface area contributed by atoms with Gasteiger partial charge in [0.1, 0.15) is 5.54 Å². The monoisotopic (exact) mass is 318 g/mol. The molecule has 23 heavy (non-hydrogen) atoms. The predicted octanol–water partition coefficient (Wildman–Crippen LogP) is 2.70. The van der Waals surface area contributed by atoms with Crippen LogP contribution in [0.15, 0.2) is 0 Å². The van der Waals surface area contributed by atoms with Gasteiger partial charge in [-0.1, -0.05) is 25.7 Å². The van der Waals surface area contributed by atoms with Crippen molar-refractivity contribution in [3.63, 3.8) is 0 Å². The van der Waals surface area contributed by atoms with E-state index in [1.165, 1.54) is 19.3 Å². The minimum absolute atomic E-state index is 0.261. The highest BCUT2D eigenvalue weighted by Gasteiger charge is 2.40. The second-order valence-electron chi connectivity index (χ2n) is 7.60. The van der Waals surface area contributed by atoms with Crippen LogP contribution in [-0.2, 0) is 14.3 Å². The van der Waals surface area contributed by atoms with E-state index < -0.39 is 5.54 Å². The summed E-state index contributed by atoms with van der Waals surface area (Å²) in [7, 11) is 0. The number of carbonyl (C=O) groups is 2. The van der Waals surface area contributed by atoms with Crippen LogP contribution in [0.3, 0.4) is 0 Å². The lowest BCUT2D eigenvalue weighted by molar-refractivity contribution is -0.150. The molecule has 0 unspecified atom stereocenters. The summed E-state index contributed by atoms with van der Waals surface area (Å²) >= 11 is 0. The fourth-order valence-corrected chi connectivity index (χ4v) is 4.77. The normalized spacial score (nSPS) is 31.3. The van der Waals surface area contributed by atoms with Gasteiger partial charge in [0.15, 0.2) is 6.61 Å². The topological polar surface area (TPSA) is 79.2 Å². The summed E-state index contributed by atoms with van der Waals surface area (Å²) in [5.41, 5.74) is -0.758. The van der Waals surface area contributed by atoms with Crippen molar-refractivity contribution >= 4 is 11.9 Å². The summed E-state index contributed by atoms with van der Waals surface area (Å²) < 4.78 is 5.14. The lowest BCUT2D eigenvalue weighted by Crippen LogP contribution is -2.50. The number of nitriles is 1. The van der Waals surface area contributed by atoms with Gasteiger partial charge < -0.3 is 10.1 Å². The molecule has 2 bridgehead atoms. The zero-order chi connectivity index (χ0) is 16.3. The number of nitrogens with zero attached hydrogens (tertiary/aromatic N) is 1. The molecule has 3 saturated carbocycles. The molecule has 0 saturated heterocycles. The van der Waals surface area contributed by atoms with Gasteiger partial charge in [-0.25, -0.2) is 0 Å². The first-order chi connectivity index (χ1) is 11.1. The molecule has 1 N–H and O–H groups in total. The molecule has 0 aromatic rings. The molecule has 0 heterocycles. The Labute approximate surface area is 137 Å². The quantitative estimate of drug-likeness (QED) is 0.790. The molecule has 3 aliphatic rings. The minimum Gasteiger partial charge on any atom is -0.456 e. The van der Waals surface area contributed by atoms with Crippen LogP contribution in [0.1, 0.15) is 64.2 Å². The molecule has 5 nitrogen and oxygen atoms in total. The molecule has 3 fully saturated rings. The van der Waals surface area contributed by atoms with Gasteiger partial charge in [0.2, 0.25) is 0 Å². The SMILES string of the molecule is N#CC1(NC(=O)COC(=O)C[C@@H]2C[C@H]3CC[C@@H]2C3)CCCCC1. The van der Waals surface area contributed by atoms with Gasteiger partial charge in [0.05, 0.1) is 6.07 Å². The maximum absolute atomic E-state index is 12.0. The molecule has 0 aliphatic heterocycles. The third-order valence-electron chi connectivity index (χ3n) is 5.98. The fraction of sp³-hybridized carbons (Fsp3) is 0.833. The van der Waals surface area contributed by atoms with Crippen LogP contribution in [-0.4, -0.2) is 24.0 Å². The zero-order valence-corrected chi connectivity index (χ0v) is 13.7. The van der Waals surface area contributed by atoms with Gasteiger partial charge in [0.25, 0.3) is 5.91 Å². The van der Waals surface area contributed by atoms with Crippen molar-refractivity contribution < 1.29 is 14.3 Å². The second kappa shape index (κ2) is 6.90. The Morgan fingerprint density at radius 3 is 2.57 bits per heavy atom. The number of rotatable bonds is 5. The Hall–Kier alpha value is -1.57. The van der Waals surface area contributed by atoms with Crippen molar-refractivity contribution in [2.45, 2.75) is 69.7 Å². The number of carbonyl (C=O) groups excluding carboxylic acids is 2. The van der Waals surface area contributed by atoms with Gasteiger partial charge in [-0.3, -0.25) is 9.59 Å². The summed E-state index contributed by atoms with van der Waals surface area (Å²) in [6.07, 6.45) is 9.81. The Balaban J connectivity index is 1.40. The van der Waals surface area contributed by atoms with E-state index in [0.29, 0.717) is 31.1 Å². The maximum Gasteiger partial charge on any atom is 0.306 e. The summed E-state index contributed by atoms with van der Waals surface area (Å²) in [5.74, 6) is 1.32.